The van der Waals surface area contributed by atoms with Crippen LogP contribution in [0.2, 0.25) is 0 Å². The highest BCUT2D eigenvalue weighted by Crippen LogP contribution is 2.33. The lowest BCUT2D eigenvalue weighted by Gasteiger charge is -2.08. The molecule has 104 valence electrons. The van der Waals surface area contributed by atoms with Crippen molar-refractivity contribution in [2.24, 2.45) is 0 Å². The Balaban J connectivity index is 2.33. The first-order valence-electron chi connectivity index (χ1n) is 5.67. The normalized spacial score (nSPS) is 10.4. The number of phenolic OH excluding ortho intramolecular Hbond substituents is 5. The van der Waals surface area contributed by atoms with E-state index in [9.17, 15) is 20.1 Å². The van der Waals surface area contributed by atoms with E-state index in [-0.39, 0.29) is 34.8 Å². The van der Waals surface area contributed by atoms with Gasteiger partial charge in [-0.1, -0.05) is 6.07 Å². The zero-order valence-electron chi connectivity index (χ0n) is 10.2. The number of hydrogen-bond donors (Lipinski definition) is 5. The molecule has 0 radical (unpaired) electrons. The fourth-order valence-corrected chi connectivity index (χ4v) is 1.85. The molecule has 0 fully saturated rings. The second kappa shape index (κ2) is 5.00. The van der Waals surface area contributed by atoms with Crippen LogP contribution in [0.25, 0.3) is 0 Å². The third-order valence-corrected chi connectivity index (χ3v) is 2.78. The van der Waals surface area contributed by atoms with Gasteiger partial charge in [0.05, 0.1) is 0 Å². The SMILES string of the molecule is O=C(Cc1ccc(O)cc1O)c1c(O)cc(O)cc1O. The number of phenols is 5. The van der Waals surface area contributed by atoms with E-state index >= 15 is 0 Å². The van der Waals surface area contributed by atoms with Crippen molar-refractivity contribution >= 4 is 5.78 Å². The maximum absolute atomic E-state index is 12.0. The Morgan fingerprint density at radius 1 is 0.800 bits per heavy atom. The molecule has 0 amide bonds. The second-order valence-electron chi connectivity index (χ2n) is 4.27. The van der Waals surface area contributed by atoms with Crippen molar-refractivity contribution in [1.82, 2.24) is 0 Å². The Labute approximate surface area is 113 Å². The van der Waals surface area contributed by atoms with Crippen LogP contribution in [0.5, 0.6) is 28.7 Å². The summed E-state index contributed by atoms with van der Waals surface area (Å²) in [6.45, 7) is 0. The number of carbonyl (C=O) groups excluding carboxylic acids is 1. The third-order valence-electron chi connectivity index (χ3n) is 2.78. The Kier molecular flexibility index (Phi) is 3.39. The van der Waals surface area contributed by atoms with Gasteiger partial charge >= 0.3 is 0 Å². The van der Waals surface area contributed by atoms with Crippen LogP contribution >= 0.6 is 0 Å². The van der Waals surface area contributed by atoms with Gasteiger partial charge < -0.3 is 25.5 Å². The topological polar surface area (TPSA) is 118 Å². The zero-order valence-corrected chi connectivity index (χ0v) is 10.2. The molecule has 0 atom stereocenters. The summed E-state index contributed by atoms with van der Waals surface area (Å²) in [4.78, 5) is 12.0. The number of ketones is 1. The van der Waals surface area contributed by atoms with Crippen LogP contribution in [0.4, 0.5) is 0 Å². The average molecular weight is 276 g/mol. The maximum atomic E-state index is 12.0. The summed E-state index contributed by atoms with van der Waals surface area (Å²) in [7, 11) is 0. The quantitative estimate of drug-likeness (QED) is 0.544. The maximum Gasteiger partial charge on any atom is 0.174 e. The molecule has 20 heavy (non-hydrogen) atoms. The summed E-state index contributed by atoms with van der Waals surface area (Å²) in [5.74, 6) is -2.52. The van der Waals surface area contributed by atoms with Gasteiger partial charge in [-0.3, -0.25) is 4.79 Å². The van der Waals surface area contributed by atoms with Crippen molar-refractivity contribution in [3.05, 3.63) is 41.5 Å². The van der Waals surface area contributed by atoms with Gasteiger partial charge in [0.1, 0.15) is 34.3 Å². The molecule has 2 aromatic carbocycles. The summed E-state index contributed by atoms with van der Waals surface area (Å²) >= 11 is 0. The highest BCUT2D eigenvalue weighted by Gasteiger charge is 2.19. The summed E-state index contributed by atoms with van der Waals surface area (Å²) in [5, 5.41) is 47.1. The van der Waals surface area contributed by atoms with Crippen LogP contribution in [-0.4, -0.2) is 31.3 Å². The molecule has 6 nitrogen and oxygen atoms in total. The lowest BCUT2D eigenvalue weighted by atomic mass is 10.0. The van der Waals surface area contributed by atoms with E-state index in [0.717, 1.165) is 18.2 Å². The number of aromatic hydroxyl groups is 5. The van der Waals surface area contributed by atoms with E-state index in [1.165, 1.54) is 12.1 Å². The Hall–Kier alpha value is -2.89. The van der Waals surface area contributed by atoms with Gasteiger partial charge in [0.25, 0.3) is 0 Å². The zero-order chi connectivity index (χ0) is 14.9. The van der Waals surface area contributed by atoms with Gasteiger partial charge in [-0.15, -0.1) is 0 Å². The van der Waals surface area contributed by atoms with E-state index in [2.05, 4.69) is 0 Å². The molecule has 0 bridgehead atoms. The van der Waals surface area contributed by atoms with Crippen molar-refractivity contribution in [2.45, 2.75) is 6.42 Å². The number of rotatable bonds is 3. The van der Waals surface area contributed by atoms with E-state index in [0.29, 0.717) is 0 Å². The molecule has 0 saturated carbocycles. The fraction of sp³-hybridized carbons (Fsp3) is 0.0714. The molecule has 5 N–H and O–H groups in total. The average Bonchev–Trinajstić information content (AvgIpc) is 2.31. The first kappa shape index (κ1) is 13.5. The van der Waals surface area contributed by atoms with Crippen molar-refractivity contribution in [3.63, 3.8) is 0 Å². The van der Waals surface area contributed by atoms with E-state index in [4.69, 9.17) is 10.2 Å². The number of Topliss-reactive ketones (excluding diaryl/α,β-unsaturated/α-hetero) is 1. The fourth-order valence-electron chi connectivity index (χ4n) is 1.85. The van der Waals surface area contributed by atoms with E-state index < -0.39 is 17.3 Å². The van der Waals surface area contributed by atoms with Gasteiger partial charge in [0.15, 0.2) is 5.78 Å². The van der Waals surface area contributed by atoms with Gasteiger partial charge in [-0.25, -0.2) is 0 Å². The highest BCUT2D eigenvalue weighted by molar-refractivity contribution is 6.02. The van der Waals surface area contributed by atoms with E-state index in [1.807, 2.05) is 0 Å². The monoisotopic (exact) mass is 276 g/mol. The lowest BCUT2D eigenvalue weighted by molar-refractivity contribution is 0.0986. The minimum atomic E-state index is -0.638. The Bertz CT molecular complexity index is 654. The molecule has 2 aromatic rings. The molecular formula is C14H12O6. The molecule has 0 aliphatic rings. The Morgan fingerprint density at radius 2 is 1.35 bits per heavy atom. The standard InChI is InChI=1S/C14H12O6/c15-8-2-1-7(10(17)4-8)3-11(18)14-12(19)5-9(16)6-13(14)20/h1-2,4-6,15-17,19-20H,3H2. The van der Waals surface area contributed by atoms with Crippen LogP contribution in [0.1, 0.15) is 15.9 Å². The summed E-state index contributed by atoms with van der Waals surface area (Å²) in [6, 6.07) is 5.61. The molecule has 0 heterocycles. The van der Waals surface area contributed by atoms with Crippen molar-refractivity contribution in [2.75, 3.05) is 0 Å². The lowest BCUT2D eigenvalue weighted by Crippen LogP contribution is -2.04. The number of benzene rings is 2. The predicted octanol–water partition coefficient (Wildman–Crippen LogP) is 1.64. The van der Waals surface area contributed by atoms with Crippen molar-refractivity contribution < 1.29 is 30.3 Å². The molecule has 6 heteroatoms. The second-order valence-corrected chi connectivity index (χ2v) is 4.27. The van der Waals surface area contributed by atoms with Crippen molar-refractivity contribution in [1.29, 1.82) is 0 Å². The highest BCUT2D eigenvalue weighted by atomic mass is 16.3. The summed E-state index contributed by atoms with van der Waals surface area (Å²) < 4.78 is 0. The van der Waals surface area contributed by atoms with Crippen LogP contribution in [0.3, 0.4) is 0 Å². The first-order chi connectivity index (χ1) is 9.38. The van der Waals surface area contributed by atoms with Crippen LogP contribution < -0.4 is 0 Å². The molecule has 0 aromatic heterocycles. The minimum Gasteiger partial charge on any atom is -0.508 e. The van der Waals surface area contributed by atoms with Crippen LogP contribution in [-0.2, 0) is 6.42 Å². The molecule has 0 unspecified atom stereocenters. The number of hydrogen-bond acceptors (Lipinski definition) is 6. The molecule has 0 aliphatic heterocycles. The van der Waals surface area contributed by atoms with Gasteiger partial charge in [-0.2, -0.15) is 0 Å². The van der Waals surface area contributed by atoms with Gasteiger partial charge in [0, 0.05) is 30.2 Å². The predicted molar refractivity (Wildman–Crippen MR) is 69.2 cm³/mol. The largest absolute Gasteiger partial charge is 0.508 e. The van der Waals surface area contributed by atoms with E-state index in [1.54, 1.807) is 0 Å². The summed E-state index contributed by atoms with van der Waals surface area (Å²) in [5.41, 5.74) is -0.102. The molecule has 0 saturated heterocycles. The third kappa shape index (κ3) is 2.59. The van der Waals surface area contributed by atoms with Gasteiger partial charge in [-0.05, 0) is 6.07 Å². The van der Waals surface area contributed by atoms with Gasteiger partial charge in [0.2, 0.25) is 0 Å². The molecular weight excluding hydrogens is 264 g/mol. The number of carbonyl (C=O) groups is 1. The molecule has 2 rings (SSSR count). The smallest absolute Gasteiger partial charge is 0.174 e. The van der Waals surface area contributed by atoms with Crippen LogP contribution in [0, 0.1) is 0 Å². The minimum absolute atomic E-state index is 0.144. The molecule has 0 spiro atoms. The Morgan fingerprint density at radius 3 is 1.90 bits per heavy atom. The van der Waals surface area contributed by atoms with Crippen molar-refractivity contribution in [3.8, 4) is 28.7 Å². The molecule has 0 aliphatic carbocycles. The first-order valence-corrected chi connectivity index (χ1v) is 5.67. The van der Waals surface area contributed by atoms with Crippen LogP contribution in [0.15, 0.2) is 30.3 Å². The summed E-state index contributed by atoms with van der Waals surface area (Å²) in [6.07, 6.45) is -0.280.